The number of amides is 2. The summed E-state index contributed by atoms with van der Waals surface area (Å²) in [6.45, 7) is 1.77. The van der Waals surface area contributed by atoms with Gasteiger partial charge in [0, 0.05) is 25.2 Å². The lowest BCUT2D eigenvalue weighted by molar-refractivity contribution is -0.122. The number of aliphatic hydroxyl groups is 1. The summed E-state index contributed by atoms with van der Waals surface area (Å²) >= 11 is 5.89. The summed E-state index contributed by atoms with van der Waals surface area (Å²) < 4.78 is 15.2. The number of carbonyl (C=O) groups is 2. The smallest absolute Gasteiger partial charge is 0.323 e. The predicted octanol–water partition coefficient (Wildman–Crippen LogP) is 5.22. The number of pyridine rings is 2. The number of anilines is 1. The Morgan fingerprint density at radius 2 is 2.02 bits per heavy atom. The van der Waals surface area contributed by atoms with Crippen molar-refractivity contribution < 1.29 is 19.1 Å². The van der Waals surface area contributed by atoms with Crippen LogP contribution in [-0.2, 0) is 16.8 Å². The van der Waals surface area contributed by atoms with Crippen LogP contribution in [0.3, 0.4) is 0 Å². The molecule has 4 N–H and O–H groups in total. The van der Waals surface area contributed by atoms with Gasteiger partial charge in [0.1, 0.15) is 11.6 Å². The first kappa shape index (κ1) is 29.1. The fourth-order valence-electron chi connectivity index (χ4n) is 5.53. The van der Waals surface area contributed by atoms with Crippen LogP contribution in [0.5, 0.6) is 0 Å². The van der Waals surface area contributed by atoms with Crippen LogP contribution in [0.2, 0.25) is 5.02 Å². The molecule has 1 aliphatic carbocycles. The maximum absolute atomic E-state index is 15.2. The van der Waals surface area contributed by atoms with Gasteiger partial charge in [0.2, 0.25) is 0 Å². The molecule has 2 amide bonds. The van der Waals surface area contributed by atoms with E-state index in [-0.39, 0.29) is 36.6 Å². The highest BCUT2D eigenvalue weighted by molar-refractivity contribution is 6.30. The lowest BCUT2D eigenvalue weighted by atomic mass is 9.81. The van der Waals surface area contributed by atoms with Crippen LogP contribution in [-0.4, -0.2) is 50.0 Å². The standard InChI is InChI=1S/C31H35ClFN5O3/c1-2-30(41)17-25(38(19-30)29(40)37-28-11-9-23(32)18-36-28)26(39)16-21-15-22(8-10-24(21)33)31(34,13-12-20-6-7-20)27-5-3-4-14-35-27/h3-5,8-11,14-15,18,20,25,41H,2,6-7,12-13,16-17,19,34H2,1H3,(H,36,37,40)/t25-,30?,31?/m1/s1. The highest BCUT2D eigenvalue weighted by atomic mass is 35.5. The number of halogens is 2. The van der Waals surface area contributed by atoms with E-state index in [1.165, 1.54) is 30.0 Å². The van der Waals surface area contributed by atoms with E-state index in [9.17, 15) is 14.7 Å². The normalized spacial score (nSPS) is 21.9. The topological polar surface area (TPSA) is 121 Å². The zero-order valence-electron chi connectivity index (χ0n) is 23.0. The van der Waals surface area contributed by atoms with Crippen molar-refractivity contribution in [2.75, 3.05) is 11.9 Å². The highest BCUT2D eigenvalue weighted by Crippen LogP contribution is 2.40. The SMILES string of the molecule is CCC1(O)C[C@H](C(=O)Cc2cc(C(N)(CCC3CC3)c3ccccn3)ccc2F)N(C(=O)Nc2ccc(Cl)cn2)C1. The van der Waals surface area contributed by atoms with Gasteiger partial charge in [-0.2, -0.15) is 0 Å². The number of hydrogen-bond acceptors (Lipinski definition) is 6. The van der Waals surface area contributed by atoms with E-state index < -0.39 is 29.0 Å². The monoisotopic (exact) mass is 579 g/mol. The second-order valence-corrected chi connectivity index (χ2v) is 11.8. The van der Waals surface area contributed by atoms with Crippen LogP contribution < -0.4 is 11.1 Å². The summed E-state index contributed by atoms with van der Waals surface area (Å²) in [7, 11) is 0. The van der Waals surface area contributed by atoms with E-state index in [0.29, 0.717) is 35.0 Å². The largest absolute Gasteiger partial charge is 0.388 e. The molecule has 2 unspecified atom stereocenters. The number of Topliss-reactive ketones (excluding diaryl/α,β-unsaturated/α-hetero) is 1. The fraction of sp³-hybridized carbons (Fsp3) is 0.419. The first-order valence-corrected chi connectivity index (χ1v) is 14.4. The molecule has 0 spiro atoms. The van der Waals surface area contributed by atoms with Crippen molar-refractivity contribution in [1.29, 1.82) is 0 Å². The summed E-state index contributed by atoms with van der Waals surface area (Å²) in [5, 5.41) is 14.1. The molecule has 216 valence electrons. The van der Waals surface area contributed by atoms with Crippen LogP contribution in [0.25, 0.3) is 0 Å². The molecule has 8 nitrogen and oxygen atoms in total. The van der Waals surface area contributed by atoms with Crippen molar-refractivity contribution in [2.45, 2.75) is 69.1 Å². The van der Waals surface area contributed by atoms with E-state index in [2.05, 4.69) is 15.3 Å². The van der Waals surface area contributed by atoms with E-state index >= 15 is 4.39 Å². The molecule has 3 aromatic rings. The van der Waals surface area contributed by atoms with Gasteiger partial charge in [-0.15, -0.1) is 0 Å². The van der Waals surface area contributed by atoms with Crippen LogP contribution in [0.15, 0.2) is 60.9 Å². The third kappa shape index (κ3) is 6.58. The van der Waals surface area contributed by atoms with E-state index in [1.54, 1.807) is 37.4 Å². The van der Waals surface area contributed by atoms with Crippen LogP contribution in [0.1, 0.15) is 62.3 Å². The number of nitrogens with zero attached hydrogens (tertiary/aromatic N) is 3. The molecule has 2 aliphatic rings. The number of hydrogen-bond donors (Lipinski definition) is 3. The second kappa shape index (κ2) is 11.8. The van der Waals surface area contributed by atoms with Gasteiger partial charge in [-0.05, 0) is 66.6 Å². The average molecular weight is 580 g/mol. The second-order valence-electron chi connectivity index (χ2n) is 11.3. The number of β-amino-alcohol motifs (C(OH)–C–C–N with tert-alkyl or cyclic N) is 1. The van der Waals surface area contributed by atoms with Crippen molar-refractivity contribution in [2.24, 2.45) is 11.7 Å². The maximum atomic E-state index is 15.2. The van der Waals surface area contributed by atoms with Gasteiger partial charge in [0.15, 0.2) is 5.78 Å². The van der Waals surface area contributed by atoms with E-state index in [0.717, 1.165) is 6.42 Å². The summed E-state index contributed by atoms with van der Waals surface area (Å²) in [6, 6.07) is 11.8. The summed E-state index contributed by atoms with van der Waals surface area (Å²) in [4.78, 5) is 36.8. The number of rotatable bonds is 10. The number of urea groups is 1. The zero-order valence-corrected chi connectivity index (χ0v) is 23.8. The molecule has 41 heavy (non-hydrogen) atoms. The van der Waals surface area contributed by atoms with E-state index in [4.69, 9.17) is 17.3 Å². The fourth-order valence-corrected chi connectivity index (χ4v) is 5.64. The van der Waals surface area contributed by atoms with Crippen LogP contribution in [0.4, 0.5) is 15.0 Å². The number of ketones is 1. The van der Waals surface area contributed by atoms with Crippen molar-refractivity contribution in [3.8, 4) is 0 Å². The Hall–Kier alpha value is -3.40. The summed E-state index contributed by atoms with van der Waals surface area (Å²) in [5.74, 6) is 0.000150. The number of aromatic nitrogens is 2. The van der Waals surface area contributed by atoms with Crippen molar-refractivity contribution >= 4 is 29.2 Å². The Kier molecular flexibility index (Phi) is 8.40. The molecule has 0 radical (unpaired) electrons. The molecule has 2 fully saturated rings. The highest BCUT2D eigenvalue weighted by Gasteiger charge is 2.47. The summed E-state index contributed by atoms with van der Waals surface area (Å²) in [6.07, 6.45) is 7.19. The molecule has 1 saturated carbocycles. The minimum atomic E-state index is -1.24. The molecule has 3 atom stereocenters. The quantitative estimate of drug-likeness (QED) is 0.303. The zero-order chi connectivity index (χ0) is 29.2. The Balaban J connectivity index is 1.39. The molecule has 2 aromatic heterocycles. The van der Waals surface area contributed by atoms with Crippen molar-refractivity contribution in [3.63, 3.8) is 0 Å². The average Bonchev–Trinajstić information content (AvgIpc) is 3.74. The van der Waals surface area contributed by atoms with Gasteiger partial charge < -0.3 is 15.7 Å². The van der Waals surface area contributed by atoms with Gasteiger partial charge in [-0.1, -0.05) is 49.6 Å². The van der Waals surface area contributed by atoms with Gasteiger partial charge in [0.25, 0.3) is 0 Å². The van der Waals surface area contributed by atoms with Gasteiger partial charge in [0.05, 0.1) is 34.4 Å². The lowest BCUT2D eigenvalue weighted by Crippen LogP contribution is -2.44. The lowest BCUT2D eigenvalue weighted by Gasteiger charge is -2.30. The molecular weight excluding hydrogens is 545 g/mol. The molecule has 10 heteroatoms. The number of benzene rings is 1. The van der Waals surface area contributed by atoms with Crippen LogP contribution in [0, 0.1) is 11.7 Å². The molecule has 5 rings (SSSR count). The first-order chi connectivity index (χ1) is 19.6. The molecule has 1 aromatic carbocycles. The Bertz CT molecular complexity index is 1400. The maximum Gasteiger partial charge on any atom is 0.323 e. The number of nitrogens with two attached hydrogens (primary N) is 1. The first-order valence-electron chi connectivity index (χ1n) is 14.0. The molecule has 3 heterocycles. The molecule has 1 saturated heterocycles. The minimum Gasteiger partial charge on any atom is -0.388 e. The summed E-state index contributed by atoms with van der Waals surface area (Å²) in [5.41, 5.74) is 6.39. The molecular formula is C31H35ClFN5O3. The Morgan fingerprint density at radius 1 is 1.22 bits per heavy atom. The predicted molar refractivity (Wildman–Crippen MR) is 155 cm³/mol. The number of carbonyl (C=O) groups excluding carboxylic acids is 2. The Morgan fingerprint density at radius 3 is 2.68 bits per heavy atom. The number of likely N-dealkylation sites (tertiary alicyclic amines) is 1. The minimum absolute atomic E-state index is 0.0331. The van der Waals surface area contributed by atoms with Crippen molar-refractivity contribution in [3.05, 3.63) is 88.6 Å². The van der Waals surface area contributed by atoms with Gasteiger partial charge in [-0.3, -0.25) is 15.1 Å². The molecule has 1 aliphatic heterocycles. The Labute approximate surface area is 244 Å². The van der Waals surface area contributed by atoms with Gasteiger partial charge in [-0.25, -0.2) is 14.2 Å². The third-order valence-electron chi connectivity index (χ3n) is 8.36. The molecule has 0 bridgehead atoms. The third-order valence-corrected chi connectivity index (χ3v) is 8.58. The van der Waals surface area contributed by atoms with Crippen LogP contribution >= 0.6 is 11.6 Å². The van der Waals surface area contributed by atoms with Crippen molar-refractivity contribution in [1.82, 2.24) is 14.9 Å². The number of nitrogens with one attached hydrogen (secondary N) is 1. The van der Waals surface area contributed by atoms with E-state index in [1.807, 2.05) is 18.2 Å². The van der Waals surface area contributed by atoms with Gasteiger partial charge >= 0.3 is 6.03 Å².